The minimum atomic E-state index is -0.0695. The fraction of sp³-hybridized carbons (Fsp3) is 0.167. The SMILES string of the molecule is Cc1ccc(Nc2nnc(SCC(=O)Nc3ccc(Br)c(C)c3)s2)cc1. The van der Waals surface area contributed by atoms with Crippen LogP contribution in [-0.4, -0.2) is 21.9 Å². The van der Waals surface area contributed by atoms with Crippen LogP contribution in [0.4, 0.5) is 16.5 Å². The number of benzene rings is 2. The van der Waals surface area contributed by atoms with Gasteiger partial charge in [-0.3, -0.25) is 4.79 Å². The third-order valence-corrected chi connectivity index (χ3v) is 6.34. The summed E-state index contributed by atoms with van der Waals surface area (Å²) in [5, 5.41) is 15.1. The average Bonchev–Trinajstić information content (AvgIpc) is 3.06. The summed E-state index contributed by atoms with van der Waals surface area (Å²) in [5.74, 6) is 0.217. The molecule has 1 heterocycles. The van der Waals surface area contributed by atoms with Crippen LogP contribution in [0.15, 0.2) is 51.3 Å². The molecule has 2 aromatic carbocycles. The number of thioether (sulfide) groups is 1. The highest BCUT2D eigenvalue weighted by atomic mass is 79.9. The highest BCUT2D eigenvalue weighted by Crippen LogP contribution is 2.28. The quantitative estimate of drug-likeness (QED) is 0.494. The third kappa shape index (κ3) is 5.30. The summed E-state index contributed by atoms with van der Waals surface area (Å²) >= 11 is 6.25. The topological polar surface area (TPSA) is 66.9 Å². The van der Waals surface area contributed by atoms with Crippen molar-refractivity contribution in [2.75, 3.05) is 16.4 Å². The van der Waals surface area contributed by atoms with E-state index in [0.29, 0.717) is 5.13 Å². The van der Waals surface area contributed by atoms with Crippen molar-refractivity contribution in [1.29, 1.82) is 0 Å². The lowest BCUT2D eigenvalue weighted by Crippen LogP contribution is -2.14. The zero-order valence-electron chi connectivity index (χ0n) is 14.2. The van der Waals surface area contributed by atoms with Gasteiger partial charge in [-0.2, -0.15) is 0 Å². The number of nitrogens with one attached hydrogen (secondary N) is 2. The molecule has 26 heavy (non-hydrogen) atoms. The maximum atomic E-state index is 12.1. The Balaban J connectivity index is 1.51. The van der Waals surface area contributed by atoms with Crippen LogP contribution >= 0.6 is 39.0 Å². The second-order valence-electron chi connectivity index (χ2n) is 5.66. The lowest BCUT2D eigenvalue weighted by Gasteiger charge is -2.06. The number of carbonyl (C=O) groups is 1. The van der Waals surface area contributed by atoms with Crippen LogP contribution in [0.1, 0.15) is 11.1 Å². The predicted molar refractivity (Wildman–Crippen MR) is 113 cm³/mol. The van der Waals surface area contributed by atoms with Crippen molar-refractivity contribution in [3.05, 3.63) is 58.1 Å². The summed E-state index contributed by atoms with van der Waals surface area (Å²) in [5.41, 5.74) is 4.03. The van der Waals surface area contributed by atoms with Crippen molar-refractivity contribution >= 4 is 61.4 Å². The molecule has 0 atom stereocenters. The van der Waals surface area contributed by atoms with Crippen LogP contribution in [0.25, 0.3) is 0 Å². The Labute approximate surface area is 168 Å². The molecule has 0 spiro atoms. The summed E-state index contributed by atoms with van der Waals surface area (Å²) in [4.78, 5) is 12.1. The number of aromatic nitrogens is 2. The first kappa shape index (κ1) is 18.9. The molecule has 1 amide bonds. The minimum absolute atomic E-state index is 0.0695. The van der Waals surface area contributed by atoms with E-state index in [-0.39, 0.29) is 11.7 Å². The molecule has 5 nitrogen and oxygen atoms in total. The molecule has 134 valence electrons. The predicted octanol–water partition coefficient (Wildman–Crippen LogP) is 5.39. The third-order valence-electron chi connectivity index (χ3n) is 3.48. The Morgan fingerprint density at radius 2 is 1.85 bits per heavy atom. The van der Waals surface area contributed by atoms with Gasteiger partial charge in [0.15, 0.2) is 4.34 Å². The van der Waals surface area contributed by atoms with Gasteiger partial charge in [0, 0.05) is 15.8 Å². The summed E-state index contributed by atoms with van der Waals surface area (Å²) < 4.78 is 1.77. The maximum Gasteiger partial charge on any atom is 0.234 e. The van der Waals surface area contributed by atoms with E-state index in [0.717, 1.165) is 25.8 Å². The van der Waals surface area contributed by atoms with Gasteiger partial charge < -0.3 is 10.6 Å². The molecule has 8 heteroatoms. The zero-order chi connectivity index (χ0) is 18.5. The molecule has 3 aromatic rings. The average molecular weight is 449 g/mol. The number of aryl methyl sites for hydroxylation is 2. The maximum absolute atomic E-state index is 12.1. The van der Waals surface area contributed by atoms with Gasteiger partial charge in [-0.25, -0.2) is 0 Å². The van der Waals surface area contributed by atoms with Gasteiger partial charge in [-0.05, 0) is 49.7 Å². The van der Waals surface area contributed by atoms with Gasteiger partial charge in [-0.1, -0.05) is 56.7 Å². The molecule has 0 unspecified atom stereocenters. The molecular formula is C18H17BrN4OS2. The first-order valence-corrected chi connectivity index (χ1v) is 10.4. The summed E-state index contributed by atoms with van der Waals surface area (Å²) in [6, 6.07) is 13.8. The lowest BCUT2D eigenvalue weighted by molar-refractivity contribution is -0.113. The Morgan fingerprint density at radius 1 is 1.12 bits per heavy atom. The van der Waals surface area contributed by atoms with Gasteiger partial charge in [0.1, 0.15) is 0 Å². The van der Waals surface area contributed by atoms with E-state index in [2.05, 4.69) is 36.8 Å². The zero-order valence-corrected chi connectivity index (χ0v) is 17.5. The Morgan fingerprint density at radius 3 is 2.58 bits per heavy atom. The van der Waals surface area contributed by atoms with Gasteiger partial charge in [0.05, 0.1) is 5.75 Å². The van der Waals surface area contributed by atoms with E-state index in [4.69, 9.17) is 0 Å². The number of anilines is 3. The standard InChI is InChI=1S/C18H17BrN4OS2/c1-11-3-5-13(6-4-11)21-17-22-23-18(26-17)25-10-16(24)20-14-7-8-15(19)12(2)9-14/h3-9H,10H2,1-2H3,(H,20,24)(H,21,22). The second kappa shape index (κ2) is 8.66. The molecule has 0 bridgehead atoms. The minimum Gasteiger partial charge on any atom is -0.330 e. The number of nitrogens with zero attached hydrogens (tertiary/aromatic N) is 2. The molecule has 2 N–H and O–H groups in total. The van der Waals surface area contributed by atoms with Crippen LogP contribution in [-0.2, 0) is 4.79 Å². The van der Waals surface area contributed by atoms with Crippen molar-refractivity contribution in [1.82, 2.24) is 10.2 Å². The molecular weight excluding hydrogens is 432 g/mol. The lowest BCUT2D eigenvalue weighted by atomic mass is 10.2. The smallest absolute Gasteiger partial charge is 0.234 e. The number of hydrogen-bond acceptors (Lipinski definition) is 6. The number of rotatable bonds is 6. The largest absolute Gasteiger partial charge is 0.330 e. The first-order valence-electron chi connectivity index (χ1n) is 7.85. The van der Waals surface area contributed by atoms with Gasteiger partial charge >= 0.3 is 0 Å². The van der Waals surface area contributed by atoms with Gasteiger partial charge in [-0.15, -0.1) is 10.2 Å². The van der Waals surface area contributed by atoms with E-state index >= 15 is 0 Å². The van der Waals surface area contributed by atoms with Crippen LogP contribution < -0.4 is 10.6 Å². The van der Waals surface area contributed by atoms with Crippen molar-refractivity contribution in [3.63, 3.8) is 0 Å². The van der Waals surface area contributed by atoms with E-state index in [1.807, 2.05) is 56.3 Å². The number of carbonyl (C=O) groups excluding carboxylic acids is 1. The fourth-order valence-electron chi connectivity index (χ4n) is 2.13. The number of amides is 1. The highest BCUT2D eigenvalue weighted by Gasteiger charge is 2.09. The first-order chi connectivity index (χ1) is 12.5. The number of halogens is 1. The molecule has 3 rings (SSSR count). The van der Waals surface area contributed by atoms with Crippen LogP contribution in [0, 0.1) is 13.8 Å². The van der Waals surface area contributed by atoms with Gasteiger partial charge in [0.2, 0.25) is 11.0 Å². The Kier molecular flexibility index (Phi) is 6.29. The molecule has 0 aliphatic heterocycles. The summed E-state index contributed by atoms with van der Waals surface area (Å²) in [6.07, 6.45) is 0. The van der Waals surface area contributed by atoms with E-state index in [1.165, 1.54) is 28.7 Å². The second-order valence-corrected chi connectivity index (χ2v) is 8.72. The van der Waals surface area contributed by atoms with Crippen molar-refractivity contribution in [2.45, 2.75) is 18.2 Å². The fourth-order valence-corrected chi connectivity index (χ4v) is 3.94. The molecule has 0 radical (unpaired) electrons. The molecule has 0 aliphatic rings. The van der Waals surface area contributed by atoms with Crippen LogP contribution in [0.3, 0.4) is 0 Å². The summed E-state index contributed by atoms with van der Waals surface area (Å²) in [7, 11) is 0. The van der Waals surface area contributed by atoms with E-state index in [9.17, 15) is 4.79 Å². The van der Waals surface area contributed by atoms with Crippen LogP contribution in [0.5, 0.6) is 0 Å². The summed E-state index contributed by atoms with van der Waals surface area (Å²) in [6.45, 7) is 4.03. The molecule has 0 fully saturated rings. The van der Waals surface area contributed by atoms with E-state index < -0.39 is 0 Å². The normalized spacial score (nSPS) is 10.6. The van der Waals surface area contributed by atoms with Crippen LogP contribution in [0.2, 0.25) is 0 Å². The molecule has 0 saturated carbocycles. The molecule has 0 saturated heterocycles. The monoisotopic (exact) mass is 448 g/mol. The van der Waals surface area contributed by atoms with Crippen molar-refractivity contribution in [2.24, 2.45) is 0 Å². The van der Waals surface area contributed by atoms with E-state index in [1.54, 1.807) is 0 Å². The highest BCUT2D eigenvalue weighted by molar-refractivity contribution is 9.10. The Hall–Kier alpha value is -1.90. The molecule has 1 aromatic heterocycles. The number of hydrogen-bond donors (Lipinski definition) is 2. The van der Waals surface area contributed by atoms with Crippen molar-refractivity contribution < 1.29 is 4.79 Å². The Bertz CT molecular complexity index is 912. The van der Waals surface area contributed by atoms with Gasteiger partial charge in [0.25, 0.3) is 0 Å². The molecule has 0 aliphatic carbocycles. The van der Waals surface area contributed by atoms with Crippen molar-refractivity contribution in [3.8, 4) is 0 Å².